The number of benzene rings is 1. The number of hydrogen-bond donors (Lipinski definition) is 2. The molecule has 104 valence electrons. The van der Waals surface area contributed by atoms with Gasteiger partial charge in [-0.15, -0.1) is 0 Å². The standard InChI is InChI=1S/C14H14BrN3O2/c1-8-6-12(9-2-4-10(15)5-3-9)18-13(17-8)7-11(16)14(19)20/h2-6,11H,7,16H2,1H3,(H,19,20). The van der Waals surface area contributed by atoms with Gasteiger partial charge in [-0.05, 0) is 25.1 Å². The molecule has 6 heteroatoms. The number of carboxylic acid groups (broad SMARTS) is 1. The number of carbonyl (C=O) groups is 1. The highest BCUT2D eigenvalue weighted by molar-refractivity contribution is 9.10. The quantitative estimate of drug-likeness (QED) is 0.893. The van der Waals surface area contributed by atoms with Crippen LogP contribution < -0.4 is 5.73 Å². The monoisotopic (exact) mass is 335 g/mol. The predicted octanol–water partition coefficient (Wildman–Crippen LogP) is 2.17. The van der Waals surface area contributed by atoms with Crippen LogP contribution in [0, 0.1) is 6.92 Å². The van der Waals surface area contributed by atoms with Gasteiger partial charge >= 0.3 is 5.97 Å². The Morgan fingerprint density at radius 2 is 2.00 bits per heavy atom. The van der Waals surface area contributed by atoms with Gasteiger partial charge in [-0.25, -0.2) is 9.97 Å². The average Bonchev–Trinajstić information content (AvgIpc) is 2.38. The van der Waals surface area contributed by atoms with E-state index in [-0.39, 0.29) is 6.42 Å². The summed E-state index contributed by atoms with van der Waals surface area (Å²) in [6, 6.07) is 8.60. The lowest BCUT2D eigenvalue weighted by Crippen LogP contribution is -2.33. The molecule has 5 nitrogen and oxygen atoms in total. The molecule has 0 aliphatic heterocycles. The molecule has 1 atom stereocenters. The Morgan fingerprint density at radius 1 is 1.35 bits per heavy atom. The average molecular weight is 336 g/mol. The molecule has 0 aliphatic rings. The van der Waals surface area contributed by atoms with Crippen LogP contribution in [0.1, 0.15) is 11.5 Å². The van der Waals surface area contributed by atoms with Crippen LogP contribution in [0.3, 0.4) is 0 Å². The van der Waals surface area contributed by atoms with E-state index < -0.39 is 12.0 Å². The van der Waals surface area contributed by atoms with Gasteiger partial charge in [0.15, 0.2) is 0 Å². The second kappa shape index (κ2) is 6.11. The van der Waals surface area contributed by atoms with E-state index in [1.165, 1.54) is 0 Å². The third kappa shape index (κ3) is 3.61. The van der Waals surface area contributed by atoms with E-state index in [1.54, 1.807) is 0 Å². The number of carboxylic acids is 1. The molecule has 0 fully saturated rings. The molecule has 0 radical (unpaired) electrons. The highest BCUT2D eigenvalue weighted by Gasteiger charge is 2.15. The third-order valence-corrected chi connectivity index (χ3v) is 3.29. The van der Waals surface area contributed by atoms with Crippen LogP contribution in [0.2, 0.25) is 0 Å². The number of rotatable bonds is 4. The Labute approximate surface area is 125 Å². The molecule has 0 amide bonds. The largest absolute Gasteiger partial charge is 0.480 e. The van der Waals surface area contributed by atoms with Crippen molar-refractivity contribution in [2.45, 2.75) is 19.4 Å². The molecule has 2 aromatic rings. The Kier molecular flexibility index (Phi) is 4.46. The summed E-state index contributed by atoms with van der Waals surface area (Å²) >= 11 is 3.38. The van der Waals surface area contributed by atoms with Gasteiger partial charge in [0.2, 0.25) is 0 Å². The van der Waals surface area contributed by atoms with Gasteiger partial charge < -0.3 is 10.8 Å². The third-order valence-electron chi connectivity index (χ3n) is 2.76. The summed E-state index contributed by atoms with van der Waals surface area (Å²) in [5, 5.41) is 8.84. The topological polar surface area (TPSA) is 89.1 Å². The predicted molar refractivity (Wildman–Crippen MR) is 79.2 cm³/mol. The van der Waals surface area contributed by atoms with Crippen LogP contribution in [0.5, 0.6) is 0 Å². The van der Waals surface area contributed by atoms with E-state index in [9.17, 15) is 4.79 Å². The van der Waals surface area contributed by atoms with Crippen molar-refractivity contribution < 1.29 is 9.90 Å². The normalized spacial score (nSPS) is 12.2. The van der Waals surface area contributed by atoms with Crippen LogP contribution in [-0.2, 0) is 11.2 Å². The van der Waals surface area contributed by atoms with Crippen LogP contribution in [-0.4, -0.2) is 27.1 Å². The number of halogens is 1. The summed E-state index contributed by atoms with van der Waals surface area (Å²) in [6.07, 6.45) is 0.112. The zero-order chi connectivity index (χ0) is 14.7. The lowest BCUT2D eigenvalue weighted by molar-refractivity contribution is -0.138. The minimum absolute atomic E-state index is 0.112. The highest BCUT2D eigenvalue weighted by Crippen LogP contribution is 2.20. The molecule has 0 saturated heterocycles. The van der Waals surface area contributed by atoms with Crippen LogP contribution in [0.4, 0.5) is 0 Å². The van der Waals surface area contributed by atoms with E-state index in [1.807, 2.05) is 37.3 Å². The van der Waals surface area contributed by atoms with Crippen molar-refractivity contribution in [1.29, 1.82) is 0 Å². The molecule has 1 heterocycles. The Hall–Kier alpha value is -1.79. The van der Waals surface area contributed by atoms with Gasteiger partial charge in [-0.3, -0.25) is 4.79 Å². The zero-order valence-corrected chi connectivity index (χ0v) is 12.5. The first-order valence-corrected chi connectivity index (χ1v) is 6.84. The first-order chi connectivity index (χ1) is 9.45. The van der Waals surface area contributed by atoms with Gasteiger partial charge in [-0.2, -0.15) is 0 Å². The molecule has 1 aromatic carbocycles. The smallest absolute Gasteiger partial charge is 0.320 e. The second-order valence-corrected chi connectivity index (χ2v) is 5.38. The highest BCUT2D eigenvalue weighted by atomic mass is 79.9. The fourth-order valence-electron chi connectivity index (χ4n) is 1.77. The molecule has 0 bridgehead atoms. The van der Waals surface area contributed by atoms with Gasteiger partial charge in [-0.1, -0.05) is 28.1 Å². The van der Waals surface area contributed by atoms with Crippen molar-refractivity contribution in [2.75, 3.05) is 0 Å². The minimum atomic E-state index is -1.06. The number of aromatic nitrogens is 2. The van der Waals surface area contributed by atoms with E-state index >= 15 is 0 Å². The van der Waals surface area contributed by atoms with E-state index in [2.05, 4.69) is 25.9 Å². The second-order valence-electron chi connectivity index (χ2n) is 4.47. The van der Waals surface area contributed by atoms with E-state index in [0.717, 1.165) is 21.4 Å². The molecular weight excluding hydrogens is 322 g/mol. The lowest BCUT2D eigenvalue weighted by atomic mass is 10.1. The maximum atomic E-state index is 10.8. The molecule has 0 spiro atoms. The SMILES string of the molecule is Cc1cc(-c2ccc(Br)cc2)nc(CC(N)C(=O)O)n1. The maximum Gasteiger partial charge on any atom is 0.320 e. The van der Waals surface area contributed by atoms with Crippen molar-refractivity contribution in [3.05, 3.63) is 46.3 Å². The number of nitrogens with zero attached hydrogens (tertiary/aromatic N) is 2. The molecule has 20 heavy (non-hydrogen) atoms. The van der Waals surface area contributed by atoms with Gasteiger partial charge in [0.1, 0.15) is 11.9 Å². The van der Waals surface area contributed by atoms with Crippen LogP contribution in [0.15, 0.2) is 34.8 Å². The van der Waals surface area contributed by atoms with Crippen molar-refractivity contribution in [3.63, 3.8) is 0 Å². The Balaban J connectivity index is 2.33. The number of aryl methyl sites for hydroxylation is 1. The summed E-state index contributed by atoms with van der Waals surface area (Å²) in [5.74, 6) is -0.613. The van der Waals surface area contributed by atoms with Crippen molar-refractivity contribution in [1.82, 2.24) is 9.97 Å². The van der Waals surface area contributed by atoms with Gasteiger partial charge in [0.05, 0.1) is 5.69 Å². The van der Waals surface area contributed by atoms with E-state index in [4.69, 9.17) is 10.8 Å². The van der Waals surface area contributed by atoms with Crippen LogP contribution >= 0.6 is 15.9 Å². The van der Waals surface area contributed by atoms with Crippen LogP contribution in [0.25, 0.3) is 11.3 Å². The molecule has 2 rings (SSSR count). The molecular formula is C14H14BrN3O2. The molecule has 1 unspecified atom stereocenters. The first-order valence-electron chi connectivity index (χ1n) is 6.04. The molecule has 1 aromatic heterocycles. The van der Waals surface area contributed by atoms with E-state index in [0.29, 0.717) is 5.82 Å². The number of hydrogen-bond acceptors (Lipinski definition) is 4. The summed E-state index contributed by atoms with van der Waals surface area (Å²) in [4.78, 5) is 19.4. The zero-order valence-electron chi connectivity index (χ0n) is 10.9. The molecule has 3 N–H and O–H groups in total. The minimum Gasteiger partial charge on any atom is -0.480 e. The summed E-state index contributed by atoms with van der Waals surface area (Å²) in [6.45, 7) is 1.85. The lowest BCUT2D eigenvalue weighted by Gasteiger charge is -2.08. The van der Waals surface area contributed by atoms with Crippen molar-refractivity contribution in [3.8, 4) is 11.3 Å². The molecule has 0 aliphatic carbocycles. The molecule has 0 saturated carbocycles. The Morgan fingerprint density at radius 3 is 2.60 bits per heavy atom. The van der Waals surface area contributed by atoms with Crippen molar-refractivity contribution >= 4 is 21.9 Å². The Bertz CT molecular complexity index is 629. The first kappa shape index (κ1) is 14.6. The summed E-state index contributed by atoms with van der Waals surface area (Å²) < 4.78 is 0.986. The van der Waals surface area contributed by atoms with Gasteiger partial charge in [0.25, 0.3) is 0 Å². The van der Waals surface area contributed by atoms with Gasteiger partial charge in [0, 0.05) is 22.2 Å². The summed E-state index contributed by atoms with van der Waals surface area (Å²) in [7, 11) is 0. The fourth-order valence-corrected chi connectivity index (χ4v) is 2.04. The summed E-state index contributed by atoms with van der Waals surface area (Å²) in [5.41, 5.74) is 8.01. The maximum absolute atomic E-state index is 10.8. The van der Waals surface area contributed by atoms with Crippen molar-refractivity contribution in [2.24, 2.45) is 5.73 Å². The number of nitrogens with two attached hydrogens (primary N) is 1. The number of aliphatic carboxylic acids is 1. The fraction of sp³-hybridized carbons (Fsp3) is 0.214.